The summed E-state index contributed by atoms with van der Waals surface area (Å²) < 4.78 is 5.66. The second kappa shape index (κ2) is 6.66. The van der Waals surface area contributed by atoms with Gasteiger partial charge in [-0.25, -0.2) is 0 Å². The van der Waals surface area contributed by atoms with Crippen molar-refractivity contribution in [2.24, 2.45) is 17.6 Å². The van der Waals surface area contributed by atoms with Crippen LogP contribution in [0.1, 0.15) is 52.9 Å². The Kier molecular flexibility index (Phi) is 4.48. The summed E-state index contributed by atoms with van der Waals surface area (Å²) in [5.74, 6) is -3.49. The minimum Gasteiger partial charge on any atom is -0.481 e. The van der Waals surface area contributed by atoms with Gasteiger partial charge >= 0.3 is 5.97 Å². The first kappa shape index (κ1) is 17.5. The first-order valence-electron chi connectivity index (χ1n) is 9.11. The normalized spacial score (nSPS) is 29.8. The second-order valence-electron chi connectivity index (χ2n) is 7.30. The lowest BCUT2D eigenvalue weighted by Gasteiger charge is -2.23. The van der Waals surface area contributed by atoms with Gasteiger partial charge in [0.05, 0.1) is 29.6 Å². The highest BCUT2D eigenvalue weighted by Crippen LogP contribution is 2.45. The van der Waals surface area contributed by atoms with Gasteiger partial charge in [0, 0.05) is 4.88 Å². The highest BCUT2D eigenvalue weighted by Gasteiger charge is 2.55. The number of carbonyl (C=O) groups is 3. The fourth-order valence-corrected chi connectivity index (χ4v) is 5.91. The van der Waals surface area contributed by atoms with Gasteiger partial charge in [-0.2, -0.15) is 0 Å². The van der Waals surface area contributed by atoms with Crippen molar-refractivity contribution in [3.8, 4) is 0 Å². The molecule has 2 saturated heterocycles. The lowest BCUT2D eigenvalue weighted by Crippen LogP contribution is -2.41. The van der Waals surface area contributed by atoms with Crippen molar-refractivity contribution in [3.05, 3.63) is 16.0 Å². The van der Waals surface area contributed by atoms with E-state index >= 15 is 0 Å². The summed E-state index contributed by atoms with van der Waals surface area (Å²) in [7, 11) is 0. The molecule has 26 heavy (non-hydrogen) atoms. The zero-order valence-corrected chi connectivity index (χ0v) is 15.1. The highest BCUT2D eigenvalue weighted by molar-refractivity contribution is 7.17. The van der Waals surface area contributed by atoms with Crippen molar-refractivity contribution >= 4 is 34.1 Å². The van der Waals surface area contributed by atoms with Crippen LogP contribution in [0.5, 0.6) is 0 Å². The molecular formula is C18H22N2O5S. The van der Waals surface area contributed by atoms with E-state index in [4.69, 9.17) is 10.5 Å². The van der Waals surface area contributed by atoms with E-state index in [-0.39, 0.29) is 12.0 Å². The average molecular weight is 378 g/mol. The minimum absolute atomic E-state index is 0.365. The van der Waals surface area contributed by atoms with Crippen LogP contribution in [-0.2, 0) is 27.2 Å². The maximum Gasteiger partial charge on any atom is 0.310 e. The van der Waals surface area contributed by atoms with Crippen LogP contribution in [0.15, 0.2) is 0 Å². The van der Waals surface area contributed by atoms with Crippen LogP contribution in [0.25, 0.3) is 0 Å². The van der Waals surface area contributed by atoms with E-state index in [2.05, 4.69) is 5.32 Å². The topological polar surface area (TPSA) is 119 Å². The van der Waals surface area contributed by atoms with Gasteiger partial charge in [0.15, 0.2) is 0 Å². The van der Waals surface area contributed by atoms with Crippen molar-refractivity contribution in [1.29, 1.82) is 0 Å². The number of aryl methyl sites for hydroxylation is 1. The number of ether oxygens (including phenoxy) is 1. The molecule has 3 heterocycles. The van der Waals surface area contributed by atoms with Gasteiger partial charge in [0.25, 0.3) is 5.91 Å². The van der Waals surface area contributed by atoms with E-state index in [1.165, 1.54) is 11.3 Å². The fourth-order valence-electron chi connectivity index (χ4n) is 4.61. The molecule has 2 fully saturated rings. The summed E-state index contributed by atoms with van der Waals surface area (Å²) in [5.41, 5.74) is 6.95. The smallest absolute Gasteiger partial charge is 0.310 e. The quantitative estimate of drug-likeness (QED) is 0.692. The molecule has 0 aromatic carbocycles. The summed E-state index contributed by atoms with van der Waals surface area (Å²) in [4.78, 5) is 37.6. The second-order valence-corrected chi connectivity index (χ2v) is 8.41. The Bertz CT molecular complexity index is 774. The minimum atomic E-state index is -1.01. The molecule has 4 N–H and O–H groups in total. The zero-order valence-electron chi connectivity index (χ0n) is 14.3. The van der Waals surface area contributed by atoms with Crippen LogP contribution in [0.3, 0.4) is 0 Å². The number of thiophene rings is 1. The van der Waals surface area contributed by atoms with Crippen LogP contribution in [0.2, 0.25) is 0 Å². The number of nitrogens with one attached hydrogen (secondary N) is 1. The third-order valence-corrected chi connectivity index (χ3v) is 6.97. The van der Waals surface area contributed by atoms with Gasteiger partial charge in [-0.05, 0) is 44.1 Å². The van der Waals surface area contributed by atoms with Gasteiger partial charge in [0.1, 0.15) is 5.00 Å². The Labute approximate surface area is 154 Å². The molecule has 0 radical (unpaired) electrons. The molecule has 3 aliphatic rings. The van der Waals surface area contributed by atoms with Crippen molar-refractivity contribution in [1.82, 2.24) is 0 Å². The summed E-state index contributed by atoms with van der Waals surface area (Å²) in [6.45, 7) is 0. The lowest BCUT2D eigenvalue weighted by molar-refractivity contribution is -0.147. The molecule has 2 aliphatic heterocycles. The van der Waals surface area contributed by atoms with Gasteiger partial charge in [0.2, 0.25) is 5.91 Å². The molecule has 2 amide bonds. The molecule has 4 rings (SSSR count). The molecule has 7 nitrogen and oxygen atoms in total. The van der Waals surface area contributed by atoms with E-state index in [0.29, 0.717) is 23.4 Å². The number of carbonyl (C=O) groups excluding carboxylic acids is 2. The first-order valence-corrected chi connectivity index (χ1v) is 9.92. The Balaban J connectivity index is 1.62. The van der Waals surface area contributed by atoms with E-state index in [9.17, 15) is 19.5 Å². The van der Waals surface area contributed by atoms with Gasteiger partial charge in [-0.1, -0.05) is 6.42 Å². The number of primary amides is 1. The number of hydrogen-bond acceptors (Lipinski definition) is 5. The van der Waals surface area contributed by atoms with E-state index in [0.717, 1.165) is 42.5 Å². The lowest BCUT2D eigenvalue weighted by atomic mass is 9.78. The standard InChI is InChI=1S/C18H22N2O5S/c19-15(21)12-8-4-2-1-3-5-11(8)26-17(12)20-16(22)13-9-6-7-10(25-9)14(13)18(23)24/h9-10,13-14H,1-7H2,(H2,19,21)(H,20,22)(H,23,24)/t9-,10-,13+,14-/m1/s1. The van der Waals surface area contributed by atoms with E-state index in [1.807, 2.05) is 0 Å². The Hall–Kier alpha value is -1.93. The molecule has 1 aromatic rings. The number of fused-ring (bicyclic) bond motifs is 3. The van der Waals surface area contributed by atoms with Crippen molar-refractivity contribution in [2.75, 3.05) is 5.32 Å². The monoisotopic (exact) mass is 378 g/mol. The third-order valence-electron chi connectivity index (χ3n) is 5.77. The first-order chi connectivity index (χ1) is 12.5. The van der Waals surface area contributed by atoms with Crippen molar-refractivity contribution in [3.63, 3.8) is 0 Å². The number of carboxylic acids is 1. The summed E-state index contributed by atoms with van der Waals surface area (Å²) in [6, 6.07) is 0. The Morgan fingerprint density at radius 3 is 2.46 bits per heavy atom. The van der Waals surface area contributed by atoms with Gasteiger partial charge in [-0.15, -0.1) is 11.3 Å². The predicted octanol–water partition coefficient (Wildman–Crippen LogP) is 1.93. The maximum atomic E-state index is 12.9. The summed E-state index contributed by atoms with van der Waals surface area (Å²) >= 11 is 1.40. The number of amides is 2. The number of aliphatic carboxylic acids is 1. The van der Waals surface area contributed by atoms with Crippen LogP contribution in [0, 0.1) is 11.8 Å². The molecule has 0 spiro atoms. The summed E-state index contributed by atoms with van der Waals surface area (Å²) in [5, 5.41) is 12.8. The Morgan fingerprint density at radius 2 is 1.77 bits per heavy atom. The molecular weight excluding hydrogens is 356 g/mol. The number of carboxylic acid groups (broad SMARTS) is 1. The third kappa shape index (κ3) is 2.81. The fraction of sp³-hybridized carbons (Fsp3) is 0.611. The number of rotatable bonds is 4. The van der Waals surface area contributed by atoms with Gasteiger partial charge < -0.3 is 20.9 Å². The van der Waals surface area contributed by atoms with E-state index < -0.39 is 29.8 Å². The van der Waals surface area contributed by atoms with Crippen LogP contribution in [-0.4, -0.2) is 35.1 Å². The molecule has 4 atom stereocenters. The molecule has 0 saturated carbocycles. The highest BCUT2D eigenvalue weighted by atomic mass is 32.1. The van der Waals surface area contributed by atoms with Crippen LogP contribution < -0.4 is 11.1 Å². The summed E-state index contributed by atoms with van der Waals surface area (Å²) in [6.07, 6.45) is 5.44. The number of nitrogens with two attached hydrogens (primary N) is 1. The van der Waals surface area contributed by atoms with Crippen LogP contribution in [0.4, 0.5) is 5.00 Å². The molecule has 1 aliphatic carbocycles. The van der Waals surface area contributed by atoms with Gasteiger partial charge in [-0.3, -0.25) is 14.4 Å². The Morgan fingerprint density at radius 1 is 1.08 bits per heavy atom. The molecule has 0 unspecified atom stereocenters. The zero-order chi connectivity index (χ0) is 18.4. The molecule has 140 valence electrons. The SMILES string of the molecule is NC(=O)c1c(NC(=O)[C@@H]2[C@H](C(=O)O)[C@H]3CC[C@H]2O3)sc2c1CCCCC2. The molecule has 2 bridgehead atoms. The van der Waals surface area contributed by atoms with E-state index in [1.54, 1.807) is 0 Å². The largest absolute Gasteiger partial charge is 0.481 e. The maximum absolute atomic E-state index is 12.9. The molecule has 8 heteroatoms. The van der Waals surface area contributed by atoms with Crippen molar-refractivity contribution in [2.45, 2.75) is 57.2 Å². The van der Waals surface area contributed by atoms with Crippen LogP contribution >= 0.6 is 11.3 Å². The predicted molar refractivity (Wildman–Crippen MR) is 95.2 cm³/mol. The number of hydrogen-bond donors (Lipinski definition) is 3. The average Bonchev–Trinajstić information content (AvgIpc) is 3.23. The molecule has 1 aromatic heterocycles. The number of anilines is 1. The van der Waals surface area contributed by atoms with Crippen molar-refractivity contribution < 1.29 is 24.2 Å².